The van der Waals surface area contributed by atoms with Crippen molar-refractivity contribution in [3.8, 4) is 0 Å². The summed E-state index contributed by atoms with van der Waals surface area (Å²) in [7, 11) is 0. The van der Waals surface area contributed by atoms with E-state index in [9.17, 15) is 4.79 Å². The highest BCUT2D eigenvalue weighted by Crippen LogP contribution is 2.10. The molecule has 0 spiro atoms. The zero-order valence-corrected chi connectivity index (χ0v) is 6.82. The Morgan fingerprint density at radius 1 is 1.67 bits per heavy atom. The first-order valence-corrected chi connectivity index (χ1v) is 3.62. The van der Waals surface area contributed by atoms with Gasteiger partial charge in [0.1, 0.15) is 0 Å². The highest BCUT2D eigenvalue weighted by atomic mass is 16.1. The molecule has 0 fully saturated rings. The molecule has 0 atom stereocenters. The Hall–Kier alpha value is -1.64. The van der Waals surface area contributed by atoms with Gasteiger partial charge < -0.3 is 5.73 Å². The van der Waals surface area contributed by atoms with Gasteiger partial charge in [-0.15, -0.1) is 0 Å². The summed E-state index contributed by atoms with van der Waals surface area (Å²) in [6.45, 7) is 1.77. The van der Waals surface area contributed by atoms with Gasteiger partial charge in [0, 0.05) is 23.5 Å². The number of hydrogen-bond acceptors (Lipinski definition) is 2. The van der Waals surface area contributed by atoms with E-state index in [1.165, 1.54) is 0 Å². The molecule has 0 unspecified atom stereocenters. The molecule has 1 heterocycles. The first-order chi connectivity index (χ1) is 5.75. The number of carbonyl (C=O) groups is 1. The quantitative estimate of drug-likeness (QED) is 0.659. The van der Waals surface area contributed by atoms with Crippen LogP contribution in [0.3, 0.4) is 0 Å². The second-order valence-electron chi connectivity index (χ2n) is 2.31. The van der Waals surface area contributed by atoms with Gasteiger partial charge in [-0.25, -0.2) is 0 Å². The van der Waals surface area contributed by atoms with Crippen LogP contribution in [0.5, 0.6) is 0 Å². The fourth-order valence-corrected chi connectivity index (χ4v) is 0.973. The molecule has 1 rings (SSSR count). The van der Waals surface area contributed by atoms with Crippen LogP contribution in [-0.4, -0.2) is 10.9 Å². The number of primary amides is 1. The summed E-state index contributed by atoms with van der Waals surface area (Å²) in [6.07, 6.45) is 4.94. The lowest BCUT2D eigenvalue weighted by Gasteiger charge is -2.00. The lowest BCUT2D eigenvalue weighted by molar-refractivity contribution is -0.112. The van der Waals surface area contributed by atoms with Crippen molar-refractivity contribution in [2.45, 2.75) is 6.92 Å². The van der Waals surface area contributed by atoms with Crippen molar-refractivity contribution in [1.29, 1.82) is 0 Å². The topological polar surface area (TPSA) is 56.0 Å². The van der Waals surface area contributed by atoms with Gasteiger partial charge in [0.05, 0.1) is 0 Å². The van der Waals surface area contributed by atoms with Crippen LogP contribution >= 0.6 is 0 Å². The number of nitrogens with zero attached hydrogens (tertiary/aromatic N) is 1. The number of nitrogens with two attached hydrogens (primary N) is 1. The normalized spacial score (nSPS) is 11.2. The van der Waals surface area contributed by atoms with Gasteiger partial charge in [-0.1, -0.05) is 12.1 Å². The molecule has 0 aromatic carbocycles. The smallest absolute Gasteiger partial charge is 0.249 e. The number of pyridine rings is 1. The monoisotopic (exact) mass is 162 g/mol. The molecule has 0 saturated heterocycles. The van der Waals surface area contributed by atoms with Crippen molar-refractivity contribution in [1.82, 2.24) is 4.98 Å². The van der Waals surface area contributed by atoms with Crippen LogP contribution in [0.15, 0.2) is 30.6 Å². The average Bonchev–Trinajstić information content (AvgIpc) is 2.07. The Balaban J connectivity index is 3.05. The van der Waals surface area contributed by atoms with E-state index in [0.717, 1.165) is 5.56 Å². The fourth-order valence-electron chi connectivity index (χ4n) is 0.973. The van der Waals surface area contributed by atoms with Crippen LogP contribution in [0, 0.1) is 0 Å². The molecule has 0 radical (unpaired) electrons. The maximum absolute atomic E-state index is 10.9. The number of rotatable bonds is 2. The van der Waals surface area contributed by atoms with Crippen LogP contribution in [-0.2, 0) is 4.79 Å². The third-order valence-electron chi connectivity index (χ3n) is 1.53. The fraction of sp³-hybridized carbons (Fsp3) is 0.111. The molecule has 0 aliphatic carbocycles. The summed E-state index contributed by atoms with van der Waals surface area (Å²) in [5.74, 6) is -0.425. The molecule has 0 saturated carbocycles. The van der Waals surface area contributed by atoms with Crippen LogP contribution in [0.2, 0.25) is 0 Å². The molecule has 0 bridgehead atoms. The zero-order valence-electron chi connectivity index (χ0n) is 6.82. The minimum absolute atomic E-state index is 0.425. The van der Waals surface area contributed by atoms with Crippen LogP contribution in [0.1, 0.15) is 12.5 Å². The number of aromatic nitrogens is 1. The van der Waals surface area contributed by atoms with E-state index in [1.54, 1.807) is 37.5 Å². The predicted octanol–water partition coefficient (Wildman–Crippen LogP) is 0.970. The van der Waals surface area contributed by atoms with Crippen molar-refractivity contribution in [2.75, 3.05) is 0 Å². The zero-order chi connectivity index (χ0) is 8.97. The van der Waals surface area contributed by atoms with Crippen molar-refractivity contribution < 1.29 is 4.79 Å². The summed E-state index contributed by atoms with van der Waals surface area (Å²) in [6, 6.07) is 3.56. The highest BCUT2D eigenvalue weighted by molar-refractivity contribution is 6.18. The predicted molar refractivity (Wildman–Crippen MR) is 47.1 cm³/mol. The van der Waals surface area contributed by atoms with Gasteiger partial charge in [0.25, 0.3) is 0 Å². The van der Waals surface area contributed by atoms with E-state index in [0.29, 0.717) is 5.57 Å². The summed E-state index contributed by atoms with van der Waals surface area (Å²) in [5, 5.41) is 0. The number of hydrogen-bond donors (Lipinski definition) is 1. The third-order valence-corrected chi connectivity index (χ3v) is 1.53. The molecular weight excluding hydrogens is 152 g/mol. The van der Waals surface area contributed by atoms with Crippen molar-refractivity contribution in [3.05, 3.63) is 36.2 Å². The molecule has 12 heavy (non-hydrogen) atoms. The molecule has 3 nitrogen and oxygen atoms in total. The van der Waals surface area contributed by atoms with E-state index in [2.05, 4.69) is 4.98 Å². The number of allylic oxidation sites excluding steroid dienone is 1. The summed E-state index contributed by atoms with van der Waals surface area (Å²) >= 11 is 0. The summed E-state index contributed by atoms with van der Waals surface area (Å²) in [5.41, 5.74) is 6.40. The number of amides is 1. The molecule has 0 aliphatic rings. The van der Waals surface area contributed by atoms with Crippen LogP contribution in [0.25, 0.3) is 5.57 Å². The lowest BCUT2D eigenvalue weighted by Crippen LogP contribution is -2.12. The van der Waals surface area contributed by atoms with Gasteiger partial charge in [0.15, 0.2) is 0 Å². The number of carbonyl (C=O) groups excluding carboxylic acids is 1. The Morgan fingerprint density at radius 2 is 2.42 bits per heavy atom. The molecule has 2 N–H and O–H groups in total. The van der Waals surface area contributed by atoms with Gasteiger partial charge in [-0.3, -0.25) is 9.78 Å². The SMILES string of the molecule is CC=C(C(N)=O)c1cccnc1. The molecule has 1 aromatic rings. The van der Waals surface area contributed by atoms with Gasteiger partial charge >= 0.3 is 0 Å². The molecule has 62 valence electrons. The van der Waals surface area contributed by atoms with Gasteiger partial charge in [-0.2, -0.15) is 0 Å². The van der Waals surface area contributed by atoms with Crippen molar-refractivity contribution >= 4 is 11.5 Å². The molecule has 0 aliphatic heterocycles. The Labute approximate surface area is 70.9 Å². The summed E-state index contributed by atoms with van der Waals surface area (Å²) < 4.78 is 0. The third kappa shape index (κ3) is 1.69. The van der Waals surface area contributed by atoms with Gasteiger partial charge in [0.2, 0.25) is 5.91 Å². The Bertz CT molecular complexity index is 304. The standard InChI is InChI=1S/C9H10N2O/c1-2-8(9(10)12)7-4-3-5-11-6-7/h2-6H,1H3,(H2,10,12). The highest BCUT2D eigenvalue weighted by Gasteiger charge is 2.05. The van der Waals surface area contributed by atoms with E-state index in [4.69, 9.17) is 5.73 Å². The average molecular weight is 162 g/mol. The Kier molecular flexibility index (Phi) is 2.58. The Morgan fingerprint density at radius 3 is 2.83 bits per heavy atom. The minimum Gasteiger partial charge on any atom is -0.366 e. The second kappa shape index (κ2) is 3.67. The largest absolute Gasteiger partial charge is 0.366 e. The molecule has 3 heteroatoms. The first-order valence-electron chi connectivity index (χ1n) is 3.62. The lowest BCUT2D eigenvalue weighted by atomic mass is 10.1. The van der Waals surface area contributed by atoms with Crippen molar-refractivity contribution in [3.63, 3.8) is 0 Å². The first kappa shape index (κ1) is 8.46. The molecule has 1 aromatic heterocycles. The molecule has 1 amide bonds. The van der Waals surface area contributed by atoms with Gasteiger partial charge in [-0.05, 0) is 13.0 Å². The minimum atomic E-state index is -0.425. The second-order valence-corrected chi connectivity index (χ2v) is 2.31. The van der Waals surface area contributed by atoms with Crippen LogP contribution < -0.4 is 5.73 Å². The molecular formula is C9H10N2O. The van der Waals surface area contributed by atoms with E-state index >= 15 is 0 Å². The van der Waals surface area contributed by atoms with E-state index in [1.807, 2.05) is 0 Å². The van der Waals surface area contributed by atoms with E-state index in [-0.39, 0.29) is 0 Å². The van der Waals surface area contributed by atoms with Crippen LogP contribution in [0.4, 0.5) is 0 Å². The summed E-state index contributed by atoms with van der Waals surface area (Å²) in [4.78, 5) is 14.7. The maximum Gasteiger partial charge on any atom is 0.249 e. The van der Waals surface area contributed by atoms with E-state index < -0.39 is 5.91 Å². The maximum atomic E-state index is 10.9. The van der Waals surface area contributed by atoms with Crippen molar-refractivity contribution in [2.24, 2.45) is 5.73 Å².